The maximum absolute atomic E-state index is 11.8. The van der Waals surface area contributed by atoms with Crippen molar-refractivity contribution in [2.75, 3.05) is 13.2 Å². The summed E-state index contributed by atoms with van der Waals surface area (Å²) < 4.78 is 10.6. The summed E-state index contributed by atoms with van der Waals surface area (Å²) in [6.07, 6.45) is 3.10. The fourth-order valence-corrected chi connectivity index (χ4v) is 2.68. The molecule has 0 aromatic heterocycles. The van der Waals surface area contributed by atoms with E-state index in [-0.39, 0.29) is 24.3 Å². The lowest BCUT2D eigenvalue weighted by molar-refractivity contribution is 0.0880. The smallest absolute Gasteiger partial charge is 0.410 e. The molecule has 3 rings (SSSR count). The van der Waals surface area contributed by atoms with Crippen LogP contribution in [0.3, 0.4) is 0 Å². The molecular weight excluding hydrogens is 206 g/mol. The average Bonchev–Trinajstić information content (AvgIpc) is 3.02. The number of fused-ring (bicyclic) bond motifs is 3. The third-order valence-corrected chi connectivity index (χ3v) is 3.44. The minimum absolute atomic E-state index is 0.0466. The minimum Gasteiger partial charge on any atom is -0.450 e. The summed E-state index contributed by atoms with van der Waals surface area (Å²) in [5.74, 6) is 0. The highest BCUT2D eigenvalue weighted by Gasteiger charge is 2.59. The summed E-state index contributed by atoms with van der Waals surface area (Å²) in [5, 5.41) is 0. The molecule has 2 aliphatic heterocycles. The molecule has 1 amide bonds. The van der Waals surface area contributed by atoms with E-state index < -0.39 is 0 Å². The Balaban J connectivity index is 1.85. The molecule has 0 radical (unpaired) electrons. The third-order valence-electron chi connectivity index (χ3n) is 3.44. The van der Waals surface area contributed by atoms with Crippen LogP contribution in [0.25, 0.3) is 0 Å². The second-order valence-corrected chi connectivity index (χ2v) is 4.33. The number of nitrogens with zero attached hydrogens (tertiary/aromatic N) is 1. The van der Waals surface area contributed by atoms with Gasteiger partial charge in [-0.15, -0.1) is 0 Å². The number of amides is 1. The average molecular weight is 221 g/mol. The van der Waals surface area contributed by atoms with Gasteiger partial charge in [0.05, 0.1) is 12.6 Å². The van der Waals surface area contributed by atoms with Crippen molar-refractivity contribution in [3.63, 3.8) is 0 Å². The van der Waals surface area contributed by atoms with Crippen molar-refractivity contribution in [2.45, 2.75) is 31.6 Å². The minimum atomic E-state index is -0.234. The Hall–Kier alpha value is -1.29. The molecule has 3 aliphatic rings. The lowest BCUT2D eigenvalue weighted by Gasteiger charge is -2.33. The van der Waals surface area contributed by atoms with Gasteiger partial charge < -0.3 is 9.47 Å². The van der Waals surface area contributed by atoms with E-state index in [4.69, 9.17) is 9.47 Å². The van der Waals surface area contributed by atoms with Crippen LogP contribution >= 0.6 is 0 Å². The van der Waals surface area contributed by atoms with E-state index in [1.165, 1.54) is 5.57 Å². The molecule has 3 atom stereocenters. The standard InChI is InChI=1S/C12H15NO3/c1-3-15-12(14)13-6-4-5-8-7(2)10-11(16-10)9(8)13/h5,9-11H,2-4,6H2,1H3/t9-,10+,11-/m0/s1. The molecule has 4 nitrogen and oxygen atoms in total. The molecule has 16 heavy (non-hydrogen) atoms. The molecule has 86 valence electrons. The number of carbonyl (C=O) groups excluding carboxylic acids is 1. The lowest BCUT2D eigenvalue weighted by atomic mass is 10.0. The van der Waals surface area contributed by atoms with Crippen molar-refractivity contribution < 1.29 is 14.3 Å². The Morgan fingerprint density at radius 2 is 2.56 bits per heavy atom. The van der Waals surface area contributed by atoms with E-state index >= 15 is 0 Å². The number of hydrogen-bond donors (Lipinski definition) is 0. The second-order valence-electron chi connectivity index (χ2n) is 4.33. The van der Waals surface area contributed by atoms with Crippen LogP contribution in [-0.2, 0) is 9.47 Å². The zero-order valence-corrected chi connectivity index (χ0v) is 9.31. The quantitative estimate of drug-likeness (QED) is 0.630. The molecule has 0 spiro atoms. The number of rotatable bonds is 1. The summed E-state index contributed by atoms with van der Waals surface area (Å²) >= 11 is 0. The van der Waals surface area contributed by atoms with Crippen LogP contribution in [0.5, 0.6) is 0 Å². The Morgan fingerprint density at radius 3 is 3.31 bits per heavy atom. The third kappa shape index (κ3) is 1.23. The van der Waals surface area contributed by atoms with E-state index in [9.17, 15) is 4.79 Å². The first-order valence-electron chi connectivity index (χ1n) is 5.72. The van der Waals surface area contributed by atoms with Gasteiger partial charge in [-0.25, -0.2) is 4.79 Å². The molecule has 2 heterocycles. The second kappa shape index (κ2) is 3.35. The number of ether oxygens (including phenoxy) is 2. The van der Waals surface area contributed by atoms with Gasteiger partial charge in [0.15, 0.2) is 0 Å². The monoisotopic (exact) mass is 221 g/mol. The first-order valence-corrected chi connectivity index (χ1v) is 5.72. The van der Waals surface area contributed by atoms with Gasteiger partial charge in [0.2, 0.25) is 0 Å². The van der Waals surface area contributed by atoms with Crippen LogP contribution in [0.4, 0.5) is 4.79 Å². The lowest BCUT2D eigenvalue weighted by Crippen LogP contribution is -2.46. The maximum atomic E-state index is 11.8. The predicted molar refractivity (Wildman–Crippen MR) is 58.0 cm³/mol. The van der Waals surface area contributed by atoms with E-state index in [1.54, 1.807) is 4.90 Å². The fourth-order valence-electron chi connectivity index (χ4n) is 2.68. The molecule has 0 aromatic carbocycles. The van der Waals surface area contributed by atoms with Gasteiger partial charge >= 0.3 is 6.09 Å². The number of epoxide rings is 1. The highest BCUT2D eigenvalue weighted by atomic mass is 16.6. The van der Waals surface area contributed by atoms with E-state index in [1.807, 2.05) is 6.92 Å². The molecule has 1 saturated carbocycles. The fraction of sp³-hybridized carbons (Fsp3) is 0.583. The van der Waals surface area contributed by atoms with E-state index in [2.05, 4.69) is 12.7 Å². The van der Waals surface area contributed by atoms with Crippen LogP contribution < -0.4 is 0 Å². The maximum Gasteiger partial charge on any atom is 0.410 e. The first kappa shape index (κ1) is 9.90. The summed E-state index contributed by atoms with van der Waals surface area (Å²) in [5.41, 5.74) is 2.23. The predicted octanol–water partition coefficient (Wildman–Crippen LogP) is 1.48. The molecule has 2 fully saturated rings. The summed E-state index contributed by atoms with van der Waals surface area (Å²) in [6, 6.07) is 0.0466. The van der Waals surface area contributed by atoms with Gasteiger partial charge in [-0.05, 0) is 24.5 Å². The normalized spacial score (nSPS) is 35.3. The Kier molecular flexibility index (Phi) is 2.07. The molecule has 1 aliphatic carbocycles. The van der Waals surface area contributed by atoms with Gasteiger partial charge in [-0.2, -0.15) is 0 Å². The molecule has 0 N–H and O–H groups in total. The Bertz CT molecular complexity index is 388. The zero-order valence-electron chi connectivity index (χ0n) is 9.31. The van der Waals surface area contributed by atoms with Crippen LogP contribution in [0, 0.1) is 0 Å². The molecule has 1 saturated heterocycles. The van der Waals surface area contributed by atoms with Crippen LogP contribution in [0.1, 0.15) is 13.3 Å². The van der Waals surface area contributed by atoms with Gasteiger partial charge in [-0.3, -0.25) is 4.90 Å². The van der Waals surface area contributed by atoms with Crippen molar-refractivity contribution >= 4 is 6.09 Å². The summed E-state index contributed by atoms with van der Waals surface area (Å²) in [6.45, 7) is 6.98. The van der Waals surface area contributed by atoms with Crippen molar-refractivity contribution in [3.05, 3.63) is 23.8 Å². The molecular formula is C12H15NO3. The molecule has 0 aromatic rings. The zero-order chi connectivity index (χ0) is 11.3. The van der Waals surface area contributed by atoms with Crippen molar-refractivity contribution in [1.82, 2.24) is 4.90 Å². The van der Waals surface area contributed by atoms with Crippen LogP contribution in [-0.4, -0.2) is 42.4 Å². The Labute approximate surface area is 94.5 Å². The first-order chi connectivity index (χ1) is 7.74. The molecule has 0 bridgehead atoms. The topological polar surface area (TPSA) is 42.1 Å². The van der Waals surface area contributed by atoms with Crippen molar-refractivity contribution in [1.29, 1.82) is 0 Å². The van der Waals surface area contributed by atoms with Gasteiger partial charge in [0.25, 0.3) is 0 Å². The van der Waals surface area contributed by atoms with Crippen LogP contribution in [0.2, 0.25) is 0 Å². The van der Waals surface area contributed by atoms with Gasteiger partial charge in [0.1, 0.15) is 12.2 Å². The summed E-state index contributed by atoms with van der Waals surface area (Å²) in [7, 11) is 0. The largest absolute Gasteiger partial charge is 0.450 e. The van der Waals surface area contributed by atoms with Crippen molar-refractivity contribution in [2.24, 2.45) is 0 Å². The number of hydrogen-bond acceptors (Lipinski definition) is 3. The highest BCUT2D eigenvalue weighted by molar-refractivity contribution is 5.71. The summed E-state index contributed by atoms with van der Waals surface area (Å²) in [4.78, 5) is 13.6. The number of carbonyl (C=O) groups is 1. The van der Waals surface area contributed by atoms with Gasteiger partial charge in [-0.1, -0.05) is 12.7 Å². The van der Waals surface area contributed by atoms with Gasteiger partial charge in [0, 0.05) is 6.54 Å². The van der Waals surface area contributed by atoms with E-state index in [0.717, 1.165) is 12.0 Å². The molecule has 0 unspecified atom stereocenters. The van der Waals surface area contributed by atoms with Crippen LogP contribution in [0.15, 0.2) is 23.8 Å². The highest BCUT2D eigenvalue weighted by Crippen LogP contribution is 2.49. The Morgan fingerprint density at radius 1 is 1.75 bits per heavy atom. The molecule has 4 heteroatoms. The SMILES string of the molecule is C=C1C2=CCCN(C(=O)OCC)[C@@H]2[C@@H]2O[C@H]12. The van der Waals surface area contributed by atoms with E-state index in [0.29, 0.717) is 13.2 Å². The van der Waals surface area contributed by atoms with Crippen molar-refractivity contribution in [3.8, 4) is 0 Å².